The topological polar surface area (TPSA) is 64.2 Å². The summed E-state index contributed by atoms with van der Waals surface area (Å²) in [5.41, 5.74) is 5.86. The Bertz CT molecular complexity index is 308. The molecule has 1 rings (SSSR count). The summed E-state index contributed by atoms with van der Waals surface area (Å²) in [5, 5.41) is 0. The van der Waals surface area contributed by atoms with Crippen LogP contribution in [0, 0.1) is 0 Å². The number of hydrogen-bond acceptors (Lipinski definition) is 3. The smallest absolute Gasteiger partial charge is 0.273 e. The highest BCUT2D eigenvalue weighted by Gasteiger charge is 2.12. The maximum absolute atomic E-state index is 11.6. The summed E-state index contributed by atoms with van der Waals surface area (Å²) >= 11 is 0. The Kier molecular flexibility index (Phi) is 3.64. The number of carbonyl (C=O) groups excluding carboxylic acids is 1. The van der Waals surface area contributed by atoms with Crippen LogP contribution in [0.15, 0.2) is 12.5 Å². The van der Waals surface area contributed by atoms with E-state index in [1.54, 1.807) is 24.5 Å². The van der Waals surface area contributed by atoms with Crippen molar-refractivity contribution >= 4 is 5.91 Å². The molecule has 0 fully saturated rings. The van der Waals surface area contributed by atoms with Crippen LogP contribution < -0.4 is 5.73 Å². The first-order valence-electron chi connectivity index (χ1n) is 4.66. The Morgan fingerprint density at radius 1 is 1.71 bits per heavy atom. The lowest BCUT2D eigenvalue weighted by atomic mass is 10.4. The van der Waals surface area contributed by atoms with E-state index in [0.29, 0.717) is 25.3 Å². The summed E-state index contributed by atoms with van der Waals surface area (Å²) in [6.45, 7) is 3.85. The van der Waals surface area contributed by atoms with Gasteiger partial charge in [-0.1, -0.05) is 0 Å². The number of hydrogen-bond donors (Lipinski definition) is 1. The fourth-order valence-electron chi connectivity index (χ4n) is 1.08. The third-order valence-corrected chi connectivity index (χ3v) is 2.06. The summed E-state index contributed by atoms with van der Waals surface area (Å²) in [7, 11) is 1.75. The van der Waals surface area contributed by atoms with Crippen molar-refractivity contribution in [3.8, 4) is 0 Å². The minimum Gasteiger partial charge on any atom is -0.341 e. The highest BCUT2D eigenvalue weighted by molar-refractivity contribution is 5.91. The molecular formula is C9H16N4O. The highest BCUT2D eigenvalue weighted by Crippen LogP contribution is 2.00. The number of amides is 1. The number of rotatable bonds is 4. The number of aromatic nitrogens is 2. The van der Waals surface area contributed by atoms with Crippen LogP contribution in [0.2, 0.25) is 0 Å². The summed E-state index contributed by atoms with van der Waals surface area (Å²) in [6, 6.07) is 0. The molecular weight excluding hydrogens is 180 g/mol. The number of imidazole rings is 1. The average molecular weight is 196 g/mol. The van der Waals surface area contributed by atoms with Crippen LogP contribution in [0.4, 0.5) is 0 Å². The first kappa shape index (κ1) is 10.7. The summed E-state index contributed by atoms with van der Waals surface area (Å²) in [5.74, 6) is -0.0525. The van der Waals surface area contributed by atoms with Crippen molar-refractivity contribution in [2.45, 2.75) is 13.5 Å². The fourth-order valence-corrected chi connectivity index (χ4v) is 1.08. The zero-order valence-electron chi connectivity index (χ0n) is 8.60. The van der Waals surface area contributed by atoms with Gasteiger partial charge in [0.1, 0.15) is 5.69 Å². The Hall–Kier alpha value is -1.36. The highest BCUT2D eigenvalue weighted by atomic mass is 16.2. The predicted molar refractivity (Wildman–Crippen MR) is 53.9 cm³/mol. The molecule has 0 unspecified atom stereocenters. The van der Waals surface area contributed by atoms with Crippen LogP contribution in [0.1, 0.15) is 17.4 Å². The average Bonchev–Trinajstić information content (AvgIpc) is 2.64. The van der Waals surface area contributed by atoms with Gasteiger partial charge in [-0.2, -0.15) is 0 Å². The van der Waals surface area contributed by atoms with Gasteiger partial charge in [-0.25, -0.2) is 4.98 Å². The van der Waals surface area contributed by atoms with E-state index in [0.717, 1.165) is 0 Å². The van der Waals surface area contributed by atoms with Crippen molar-refractivity contribution < 1.29 is 4.79 Å². The SMILES string of the molecule is CCN(C)C(=O)c1cn(CCN)cn1. The van der Waals surface area contributed by atoms with E-state index in [-0.39, 0.29) is 5.91 Å². The van der Waals surface area contributed by atoms with Gasteiger partial charge in [0.2, 0.25) is 0 Å². The second-order valence-electron chi connectivity index (χ2n) is 3.10. The van der Waals surface area contributed by atoms with Crippen LogP contribution in [0.25, 0.3) is 0 Å². The van der Waals surface area contributed by atoms with Crippen LogP contribution in [0.3, 0.4) is 0 Å². The van der Waals surface area contributed by atoms with Crippen molar-refractivity contribution in [3.05, 3.63) is 18.2 Å². The molecule has 5 nitrogen and oxygen atoms in total. The van der Waals surface area contributed by atoms with Gasteiger partial charge in [0.15, 0.2) is 0 Å². The van der Waals surface area contributed by atoms with E-state index in [2.05, 4.69) is 4.98 Å². The zero-order chi connectivity index (χ0) is 10.6. The molecule has 14 heavy (non-hydrogen) atoms. The Morgan fingerprint density at radius 3 is 3.00 bits per heavy atom. The van der Waals surface area contributed by atoms with E-state index >= 15 is 0 Å². The van der Waals surface area contributed by atoms with Crippen LogP contribution in [0.5, 0.6) is 0 Å². The van der Waals surface area contributed by atoms with E-state index in [1.165, 1.54) is 0 Å². The van der Waals surface area contributed by atoms with Gasteiger partial charge in [0, 0.05) is 32.9 Å². The second kappa shape index (κ2) is 4.76. The van der Waals surface area contributed by atoms with Crippen molar-refractivity contribution in [1.82, 2.24) is 14.5 Å². The Labute approximate surface area is 83.5 Å². The molecule has 0 aromatic carbocycles. The molecule has 0 saturated carbocycles. The maximum atomic E-state index is 11.6. The van der Waals surface area contributed by atoms with E-state index in [1.807, 2.05) is 11.5 Å². The number of nitrogens with zero attached hydrogens (tertiary/aromatic N) is 3. The fraction of sp³-hybridized carbons (Fsp3) is 0.556. The van der Waals surface area contributed by atoms with Gasteiger partial charge in [0.05, 0.1) is 6.33 Å². The lowest BCUT2D eigenvalue weighted by Crippen LogP contribution is -2.26. The van der Waals surface area contributed by atoms with E-state index < -0.39 is 0 Å². The van der Waals surface area contributed by atoms with Crippen LogP contribution in [-0.4, -0.2) is 40.5 Å². The first-order valence-corrected chi connectivity index (χ1v) is 4.66. The number of nitrogens with two attached hydrogens (primary N) is 1. The molecule has 0 aliphatic rings. The van der Waals surface area contributed by atoms with E-state index in [9.17, 15) is 4.79 Å². The van der Waals surface area contributed by atoms with Gasteiger partial charge >= 0.3 is 0 Å². The third kappa shape index (κ3) is 2.32. The molecule has 78 valence electrons. The van der Waals surface area contributed by atoms with Gasteiger partial charge < -0.3 is 15.2 Å². The van der Waals surface area contributed by atoms with Crippen molar-refractivity contribution in [1.29, 1.82) is 0 Å². The largest absolute Gasteiger partial charge is 0.341 e. The molecule has 0 saturated heterocycles. The van der Waals surface area contributed by atoms with Gasteiger partial charge in [-0.3, -0.25) is 4.79 Å². The predicted octanol–water partition coefficient (Wildman–Crippen LogP) is -0.0663. The van der Waals surface area contributed by atoms with Gasteiger partial charge in [-0.15, -0.1) is 0 Å². The summed E-state index contributed by atoms with van der Waals surface area (Å²) < 4.78 is 1.82. The van der Waals surface area contributed by atoms with Crippen LogP contribution in [-0.2, 0) is 6.54 Å². The normalized spacial score (nSPS) is 10.2. The monoisotopic (exact) mass is 196 g/mol. The summed E-state index contributed by atoms with van der Waals surface area (Å²) in [6.07, 6.45) is 3.35. The Morgan fingerprint density at radius 2 is 2.43 bits per heavy atom. The lowest BCUT2D eigenvalue weighted by Gasteiger charge is -2.11. The number of carbonyl (C=O) groups is 1. The zero-order valence-corrected chi connectivity index (χ0v) is 8.60. The van der Waals surface area contributed by atoms with Gasteiger partial charge in [0.25, 0.3) is 5.91 Å². The van der Waals surface area contributed by atoms with E-state index in [4.69, 9.17) is 5.73 Å². The molecule has 5 heteroatoms. The molecule has 0 aliphatic carbocycles. The molecule has 1 heterocycles. The lowest BCUT2D eigenvalue weighted by molar-refractivity contribution is 0.0797. The molecule has 0 aliphatic heterocycles. The molecule has 1 aromatic heterocycles. The van der Waals surface area contributed by atoms with Crippen molar-refractivity contribution in [2.75, 3.05) is 20.1 Å². The molecule has 0 bridgehead atoms. The standard InChI is InChI=1S/C9H16N4O/c1-3-12(2)9(14)8-6-13(5-4-10)7-11-8/h6-7H,3-5,10H2,1-2H3. The molecule has 2 N–H and O–H groups in total. The molecule has 0 radical (unpaired) electrons. The third-order valence-electron chi connectivity index (χ3n) is 2.06. The van der Waals surface area contributed by atoms with Crippen molar-refractivity contribution in [2.24, 2.45) is 5.73 Å². The van der Waals surface area contributed by atoms with Crippen molar-refractivity contribution in [3.63, 3.8) is 0 Å². The minimum atomic E-state index is -0.0525. The quantitative estimate of drug-likeness (QED) is 0.733. The molecule has 0 spiro atoms. The minimum absolute atomic E-state index is 0.0525. The van der Waals surface area contributed by atoms with Crippen LogP contribution >= 0.6 is 0 Å². The first-order chi connectivity index (χ1) is 6.69. The summed E-state index contributed by atoms with van der Waals surface area (Å²) in [4.78, 5) is 17.3. The Balaban J connectivity index is 2.71. The van der Waals surface area contributed by atoms with Gasteiger partial charge in [-0.05, 0) is 6.92 Å². The molecule has 1 aromatic rings. The second-order valence-corrected chi connectivity index (χ2v) is 3.10. The molecule has 1 amide bonds. The maximum Gasteiger partial charge on any atom is 0.273 e. The molecule has 0 atom stereocenters.